The second kappa shape index (κ2) is 6.73. The highest BCUT2D eigenvalue weighted by Crippen LogP contribution is 2.40. The lowest BCUT2D eigenvalue weighted by Crippen LogP contribution is -2.38. The molecular weight excluding hydrogens is 369 g/mol. The van der Waals surface area contributed by atoms with Gasteiger partial charge in [-0.2, -0.15) is 5.26 Å². The topological polar surface area (TPSA) is 68.3 Å². The third kappa shape index (κ3) is 2.83. The van der Waals surface area contributed by atoms with Crippen LogP contribution in [0.1, 0.15) is 22.8 Å². The number of hydrogen-bond acceptors (Lipinski definition) is 4. The molecule has 4 nitrogen and oxygen atoms in total. The Balaban J connectivity index is 1.82. The van der Waals surface area contributed by atoms with Crippen LogP contribution in [0.2, 0.25) is 0 Å². The number of rotatable bonds is 2. The molecule has 0 aromatic heterocycles. The molecule has 3 aromatic carbocycles. The molecule has 3 aromatic rings. The summed E-state index contributed by atoms with van der Waals surface area (Å²) in [5, 5.41) is 10.9. The molecule has 0 saturated heterocycles. The molecule has 2 N–H and O–H groups in total. The summed E-state index contributed by atoms with van der Waals surface area (Å²) in [5.74, 6) is -2.45. The molecule has 4 rings (SSSR count). The molecule has 7 heteroatoms. The third-order valence-corrected chi connectivity index (χ3v) is 4.96. The fraction of sp³-hybridized carbons (Fsp3) is 0.190. The first-order valence-electron chi connectivity index (χ1n) is 8.53. The zero-order valence-corrected chi connectivity index (χ0v) is 14.8. The van der Waals surface area contributed by atoms with Crippen LogP contribution in [0, 0.1) is 28.8 Å². The van der Waals surface area contributed by atoms with Gasteiger partial charge >= 0.3 is 0 Å². The van der Waals surface area contributed by atoms with Crippen LogP contribution in [-0.2, 0) is 6.42 Å². The van der Waals surface area contributed by atoms with Crippen molar-refractivity contribution in [1.29, 1.82) is 5.26 Å². The van der Waals surface area contributed by atoms with E-state index in [9.17, 15) is 18.4 Å². The summed E-state index contributed by atoms with van der Waals surface area (Å²) in [6.45, 7) is 0. The molecule has 1 aliphatic rings. The summed E-state index contributed by atoms with van der Waals surface area (Å²) in [5.41, 5.74) is 7.26. The molecule has 0 amide bonds. The maximum Gasteiger partial charge on any atom is 0.161 e. The lowest BCUT2D eigenvalue weighted by Gasteiger charge is -2.32. The van der Waals surface area contributed by atoms with Crippen LogP contribution in [0.4, 0.5) is 13.2 Å². The van der Waals surface area contributed by atoms with Crippen LogP contribution in [0.15, 0.2) is 36.4 Å². The number of halogens is 3. The number of benzene rings is 3. The van der Waals surface area contributed by atoms with E-state index in [-0.39, 0.29) is 5.56 Å². The van der Waals surface area contributed by atoms with Crippen molar-refractivity contribution in [1.82, 2.24) is 0 Å². The molecule has 2 atom stereocenters. The van der Waals surface area contributed by atoms with E-state index >= 15 is 0 Å². The van der Waals surface area contributed by atoms with Gasteiger partial charge in [0.05, 0.1) is 18.7 Å². The molecule has 1 heterocycles. The molecule has 28 heavy (non-hydrogen) atoms. The van der Waals surface area contributed by atoms with E-state index in [0.29, 0.717) is 29.5 Å². The Kier molecular flexibility index (Phi) is 4.36. The molecule has 0 aliphatic carbocycles. The predicted octanol–water partition coefficient (Wildman–Crippen LogP) is 4.14. The summed E-state index contributed by atoms with van der Waals surface area (Å²) in [7, 11) is 1.47. The van der Waals surface area contributed by atoms with Crippen molar-refractivity contribution >= 4 is 10.8 Å². The van der Waals surface area contributed by atoms with Crippen LogP contribution in [0.3, 0.4) is 0 Å². The monoisotopic (exact) mass is 384 g/mol. The summed E-state index contributed by atoms with van der Waals surface area (Å²) in [6, 6.07) is 9.59. The van der Waals surface area contributed by atoms with Crippen molar-refractivity contribution in [3.8, 4) is 17.6 Å². The summed E-state index contributed by atoms with van der Waals surface area (Å²) < 4.78 is 52.2. The normalized spacial score (nSPS) is 18.3. The number of methoxy groups -OCH3 is 1. The Morgan fingerprint density at radius 3 is 2.57 bits per heavy atom. The smallest absolute Gasteiger partial charge is 0.161 e. The van der Waals surface area contributed by atoms with Crippen molar-refractivity contribution in [3.05, 3.63) is 70.5 Å². The first-order chi connectivity index (χ1) is 13.4. The molecule has 0 bridgehead atoms. The largest absolute Gasteiger partial charge is 0.495 e. The summed E-state index contributed by atoms with van der Waals surface area (Å²) >= 11 is 0. The second-order valence-corrected chi connectivity index (χ2v) is 6.62. The molecule has 142 valence electrons. The first-order valence-corrected chi connectivity index (χ1v) is 8.53. The SMILES string of the molecule is COc1cc2c3c(ccc2cc1C#N)OC(c1cc(F)c(F)cc1F)[C@@H](N)C3. The van der Waals surface area contributed by atoms with Crippen LogP contribution < -0.4 is 15.2 Å². The highest BCUT2D eigenvalue weighted by Gasteiger charge is 2.32. The van der Waals surface area contributed by atoms with Crippen molar-refractivity contribution in [2.75, 3.05) is 7.11 Å². The summed E-state index contributed by atoms with van der Waals surface area (Å²) in [4.78, 5) is 0. The number of nitrogens with zero attached hydrogens (tertiary/aromatic N) is 1. The van der Waals surface area contributed by atoms with Gasteiger partial charge in [0.1, 0.15) is 29.5 Å². The predicted molar refractivity (Wildman–Crippen MR) is 96.6 cm³/mol. The van der Waals surface area contributed by atoms with Gasteiger partial charge in [-0.1, -0.05) is 6.07 Å². The van der Waals surface area contributed by atoms with Gasteiger partial charge in [-0.25, -0.2) is 13.2 Å². The fourth-order valence-electron chi connectivity index (χ4n) is 3.59. The van der Waals surface area contributed by atoms with E-state index < -0.39 is 29.6 Å². The number of ether oxygens (including phenoxy) is 2. The number of nitriles is 1. The molecular formula is C21H15F3N2O2. The minimum Gasteiger partial charge on any atom is -0.495 e. The maximum absolute atomic E-state index is 14.2. The van der Waals surface area contributed by atoms with Crippen molar-refractivity contribution in [2.24, 2.45) is 5.73 Å². The van der Waals surface area contributed by atoms with Crippen molar-refractivity contribution < 1.29 is 22.6 Å². The minimum absolute atomic E-state index is 0.130. The maximum atomic E-state index is 14.2. The van der Waals surface area contributed by atoms with Gasteiger partial charge in [0.15, 0.2) is 11.6 Å². The van der Waals surface area contributed by atoms with E-state index in [1.807, 2.05) is 0 Å². The Morgan fingerprint density at radius 1 is 1.11 bits per heavy atom. The minimum atomic E-state index is -1.27. The molecule has 1 unspecified atom stereocenters. The van der Waals surface area contributed by atoms with Gasteiger partial charge in [-0.3, -0.25) is 0 Å². The van der Waals surface area contributed by atoms with Crippen LogP contribution >= 0.6 is 0 Å². The fourth-order valence-corrected chi connectivity index (χ4v) is 3.59. The Hall–Kier alpha value is -3.24. The van der Waals surface area contributed by atoms with Gasteiger partial charge in [-0.15, -0.1) is 0 Å². The lowest BCUT2D eigenvalue weighted by atomic mass is 9.89. The van der Waals surface area contributed by atoms with Crippen LogP contribution in [-0.4, -0.2) is 13.2 Å². The zero-order valence-electron chi connectivity index (χ0n) is 14.8. The summed E-state index contributed by atoms with van der Waals surface area (Å²) in [6.07, 6.45) is -0.634. The molecule has 0 spiro atoms. The molecule has 0 saturated carbocycles. The Labute approximate surface area is 158 Å². The molecule has 0 radical (unpaired) electrons. The Bertz CT molecular complexity index is 1140. The van der Waals surface area contributed by atoms with E-state index in [2.05, 4.69) is 6.07 Å². The molecule has 0 fully saturated rings. The lowest BCUT2D eigenvalue weighted by molar-refractivity contribution is 0.149. The highest BCUT2D eigenvalue weighted by molar-refractivity contribution is 5.91. The number of nitrogens with two attached hydrogens (primary N) is 1. The van der Waals surface area contributed by atoms with E-state index in [1.165, 1.54) is 7.11 Å². The van der Waals surface area contributed by atoms with E-state index in [0.717, 1.165) is 22.4 Å². The second-order valence-electron chi connectivity index (χ2n) is 6.62. The quantitative estimate of drug-likeness (QED) is 0.675. The average Bonchev–Trinajstić information content (AvgIpc) is 2.69. The standard InChI is InChI=1S/C21H15F3N2O2/c1-27-20-7-12-10(4-11(20)9-25)2-3-19-13(12)6-18(26)21(28-19)14-5-16(23)17(24)8-15(14)22/h2-5,7-8,18,21H,6,26H2,1H3/t18-,21?/m0/s1. The van der Waals surface area contributed by atoms with Gasteiger partial charge in [0.25, 0.3) is 0 Å². The third-order valence-electron chi connectivity index (χ3n) is 4.96. The van der Waals surface area contributed by atoms with Gasteiger partial charge < -0.3 is 15.2 Å². The van der Waals surface area contributed by atoms with Crippen LogP contribution in [0.25, 0.3) is 10.8 Å². The average molecular weight is 384 g/mol. The van der Waals surface area contributed by atoms with Crippen LogP contribution in [0.5, 0.6) is 11.5 Å². The molecule has 1 aliphatic heterocycles. The van der Waals surface area contributed by atoms with Gasteiger partial charge in [0.2, 0.25) is 0 Å². The van der Waals surface area contributed by atoms with Gasteiger partial charge in [-0.05, 0) is 41.5 Å². The Morgan fingerprint density at radius 2 is 1.86 bits per heavy atom. The van der Waals surface area contributed by atoms with Gasteiger partial charge in [0, 0.05) is 17.2 Å². The highest BCUT2D eigenvalue weighted by atomic mass is 19.2. The number of fused-ring (bicyclic) bond motifs is 3. The first kappa shape index (κ1) is 18.1. The number of hydrogen-bond donors (Lipinski definition) is 1. The van der Waals surface area contributed by atoms with Crippen molar-refractivity contribution in [2.45, 2.75) is 18.6 Å². The zero-order chi connectivity index (χ0) is 20.0. The van der Waals surface area contributed by atoms with Crippen molar-refractivity contribution in [3.63, 3.8) is 0 Å². The van der Waals surface area contributed by atoms with E-state index in [4.69, 9.17) is 15.2 Å². The van der Waals surface area contributed by atoms with E-state index in [1.54, 1.807) is 24.3 Å².